The van der Waals surface area contributed by atoms with Crippen molar-refractivity contribution < 1.29 is 26.7 Å². The molecule has 3 aromatic carbocycles. The quantitative estimate of drug-likeness (QED) is 0.126. The maximum atomic E-state index is 14.9. The molecular weight excluding hydrogens is 653 g/mol. The highest BCUT2D eigenvalue weighted by atomic mass is 32.2. The zero-order valence-corrected chi connectivity index (χ0v) is 33.1. The maximum absolute atomic E-state index is 14.9. The van der Waals surface area contributed by atoms with E-state index in [9.17, 15) is 8.42 Å². The number of epoxide rings is 1. The van der Waals surface area contributed by atoms with Gasteiger partial charge in [0.15, 0.2) is 8.32 Å². The second-order valence-corrected chi connectivity index (χ2v) is 26.2. The Hall–Kier alpha value is -2.12. The topological polar surface area (TPSA) is 74.4 Å². The second kappa shape index (κ2) is 14.2. The molecule has 48 heavy (non-hydrogen) atoms. The highest BCUT2D eigenvalue weighted by molar-refractivity contribution is 7.93. The standard InChI is InChI=1S/C39H56O6SSi2/c1-9-47(10-2,11-3)44-35-23-18-28-42-36(35)29-39(46(40,41)32-26-24-31(4)25-27-32)38(8,45-39)30-43-48(37(5,6)7,33-19-14-12-15-20-33)34-21-16-13-17-22-34/h12-17,19-22,24-27,35-36H,9-11,18,23,28-30H2,1-8H3/t35-,36+,38-,39+/m0/s1. The van der Waals surface area contributed by atoms with E-state index in [-0.39, 0.29) is 29.1 Å². The van der Waals surface area contributed by atoms with Crippen LogP contribution in [0, 0.1) is 6.92 Å². The number of benzene rings is 3. The monoisotopic (exact) mass is 708 g/mol. The van der Waals surface area contributed by atoms with Gasteiger partial charge < -0.3 is 18.3 Å². The van der Waals surface area contributed by atoms with E-state index in [0.29, 0.717) is 6.61 Å². The highest BCUT2D eigenvalue weighted by Gasteiger charge is 2.76. The Morgan fingerprint density at radius 1 is 0.854 bits per heavy atom. The molecule has 0 spiro atoms. The van der Waals surface area contributed by atoms with Crippen molar-refractivity contribution in [2.75, 3.05) is 13.2 Å². The van der Waals surface area contributed by atoms with E-state index in [0.717, 1.165) is 46.9 Å². The molecule has 0 N–H and O–H groups in total. The first-order valence-electron chi connectivity index (χ1n) is 17.8. The number of ether oxygens (including phenoxy) is 2. The minimum absolute atomic E-state index is 0.126. The Labute approximate surface area is 291 Å². The summed E-state index contributed by atoms with van der Waals surface area (Å²) in [6.07, 6.45) is 1.38. The van der Waals surface area contributed by atoms with Crippen molar-refractivity contribution >= 4 is 36.8 Å². The Morgan fingerprint density at radius 2 is 1.40 bits per heavy atom. The number of hydrogen-bond acceptors (Lipinski definition) is 6. The summed E-state index contributed by atoms with van der Waals surface area (Å²) in [5, 5.41) is 2.02. The van der Waals surface area contributed by atoms with Crippen LogP contribution in [0.3, 0.4) is 0 Å². The first kappa shape index (κ1) is 37.1. The van der Waals surface area contributed by atoms with Crippen LogP contribution in [0.2, 0.25) is 23.2 Å². The summed E-state index contributed by atoms with van der Waals surface area (Å²) in [4.78, 5) is -1.27. The molecular formula is C39H56O6SSi2. The lowest BCUT2D eigenvalue weighted by Crippen LogP contribution is -2.67. The number of rotatable bonds is 14. The zero-order chi connectivity index (χ0) is 34.8. The number of hydrogen-bond donors (Lipinski definition) is 0. The summed E-state index contributed by atoms with van der Waals surface area (Å²) >= 11 is 0. The number of aryl methyl sites for hydroxylation is 1. The van der Waals surface area contributed by atoms with E-state index in [1.165, 1.54) is 0 Å². The molecule has 0 saturated carbocycles. The molecule has 0 aliphatic carbocycles. The maximum Gasteiger partial charge on any atom is 0.261 e. The van der Waals surface area contributed by atoms with Gasteiger partial charge in [-0.1, -0.05) is 120 Å². The molecule has 6 nitrogen and oxygen atoms in total. The predicted octanol–water partition coefficient (Wildman–Crippen LogP) is 7.79. The average Bonchev–Trinajstić information content (AvgIpc) is 3.70. The smallest absolute Gasteiger partial charge is 0.261 e. The van der Waals surface area contributed by atoms with Crippen molar-refractivity contribution in [2.45, 2.75) is 125 Å². The zero-order valence-electron chi connectivity index (χ0n) is 30.3. The van der Waals surface area contributed by atoms with Gasteiger partial charge >= 0.3 is 0 Å². The van der Waals surface area contributed by atoms with Crippen LogP contribution >= 0.6 is 0 Å². The van der Waals surface area contributed by atoms with Crippen molar-refractivity contribution in [3.05, 3.63) is 90.5 Å². The lowest BCUT2D eigenvalue weighted by atomic mass is 9.96. The first-order chi connectivity index (χ1) is 22.7. The van der Waals surface area contributed by atoms with Crippen molar-refractivity contribution in [3.8, 4) is 0 Å². The van der Waals surface area contributed by atoms with Crippen molar-refractivity contribution in [3.63, 3.8) is 0 Å². The Bertz CT molecular complexity index is 1560. The van der Waals surface area contributed by atoms with E-state index in [2.05, 4.69) is 90.1 Å². The van der Waals surface area contributed by atoms with Crippen molar-refractivity contribution in [1.29, 1.82) is 0 Å². The molecule has 2 aliphatic rings. The molecule has 0 unspecified atom stereocenters. The van der Waals surface area contributed by atoms with Crippen LogP contribution in [0.25, 0.3) is 0 Å². The molecule has 2 heterocycles. The van der Waals surface area contributed by atoms with E-state index in [1.54, 1.807) is 12.1 Å². The fourth-order valence-electron chi connectivity index (χ4n) is 7.82. The van der Waals surface area contributed by atoms with Crippen LogP contribution < -0.4 is 10.4 Å². The minimum atomic E-state index is -3.98. The van der Waals surface area contributed by atoms with Crippen molar-refractivity contribution in [2.24, 2.45) is 0 Å². The number of sulfone groups is 1. The fourth-order valence-corrected chi connectivity index (χ4v) is 17.6. The summed E-state index contributed by atoms with van der Waals surface area (Å²) < 4.78 is 57.2. The minimum Gasteiger partial charge on any atom is -0.411 e. The second-order valence-electron chi connectivity index (χ2n) is 15.0. The fraction of sp³-hybridized carbons (Fsp3) is 0.538. The molecule has 0 amide bonds. The molecule has 5 rings (SSSR count). The third-order valence-corrected chi connectivity index (χ3v) is 23.2. The van der Waals surface area contributed by atoms with Gasteiger partial charge in [-0.25, -0.2) is 8.42 Å². The molecule has 2 aliphatic heterocycles. The van der Waals surface area contributed by atoms with Gasteiger partial charge in [0.2, 0.25) is 14.8 Å². The van der Waals surface area contributed by atoms with Gasteiger partial charge in [-0.3, -0.25) is 0 Å². The van der Waals surface area contributed by atoms with Gasteiger partial charge in [-0.15, -0.1) is 0 Å². The molecule has 0 aromatic heterocycles. The third-order valence-electron chi connectivity index (χ3n) is 11.1. The third kappa shape index (κ3) is 6.68. The van der Waals surface area contributed by atoms with Gasteiger partial charge in [-0.05, 0) is 72.4 Å². The van der Waals surface area contributed by atoms with Crippen LogP contribution in [0.15, 0.2) is 89.8 Å². The Kier molecular flexibility index (Phi) is 11.0. The van der Waals surface area contributed by atoms with E-state index in [1.807, 2.05) is 38.1 Å². The van der Waals surface area contributed by atoms with Crippen LogP contribution in [0.4, 0.5) is 0 Å². The SMILES string of the molecule is CC[Si](CC)(CC)O[C@H]1CCCO[C@@H]1C[C@]1(S(=O)(=O)c2ccc(C)cc2)O[C@@]1(C)CO[Si](c1ccccc1)(c1ccccc1)C(C)(C)C. The van der Waals surface area contributed by atoms with E-state index in [4.69, 9.17) is 18.3 Å². The molecule has 0 radical (unpaired) electrons. The Morgan fingerprint density at radius 3 is 1.90 bits per heavy atom. The van der Waals surface area contributed by atoms with Crippen LogP contribution in [-0.4, -0.2) is 61.0 Å². The van der Waals surface area contributed by atoms with Gasteiger partial charge in [0.1, 0.15) is 5.60 Å². The lowest BCUT2D eigenvalue weighted by molar-refractivity contribution is -0.0747. The Balaban J connectivity index is 1.57. The lowest BCUT2D eigenvalue weighted by Gasteiger charge is -2.43. The molecule has 262 valence electrons. The molecule has 2 fully saturated rings. The van der Waals surface area contributed by atoms with Gasteiger partial charge in [0, 0.05) is 13.0 Å². The summed E-state index contributed by atoms with van der Waals surface area (Å²) in [6.45, 7) is 18.0. The van der Waals surface area contributed by atoms with E-state index >= 15 is 0 Å². The van der Waals surface area contributed by atoms with Crippen LogP contribution in [0.5, 0.6) is 0 Å². The molecule has 4 atom stereocenters. The summed E-state index contributed by atoms with van der Waals surface area (Å²) in [5.74, 6) is 0. The highest BCUT2D eigenvalue weighted by Crippen LogP contribution is 2.58. The first-order valence-corrected chi connectivity index (χ1v) is 23.7. The van der Waals surface area contributed by atoms with Crippen molar-refractivity contribution in [1.82, 2.24) is 0 Å². The molecule has 3 aromatic rings. The normalized spacial score (nSPS) is 25.2. The molecule has 0 bridgehead atoms. The molecule has 9 heteroatoms. The predicted molar refractivity (Wildman–Crippen MR) is 200 cm³/mol. The summed E-state index contributed by atoms with van der Waals surface area (Å²) in [5.41, 5.74) is -0.106. The molecule has 2 saturated heterocycles. The largest absolute Gasteiger partial charge is 0.411 e. The summed E-state index contributed by atoms with van der Waals surface area (Å²) in [7, 11) is -8.92. The summed E-state index contributed by atoms with van der Waals surface area (Å²) in [6, 6.07) is 31.1. The van der Waals surface area contributed by atoms with Crippen LogP contribution in [0.1, 0.15) is 73.3 Å². The van der Waals surface area contributed by atoms with Gasteiger partial charge in [0.25, 0.3) is 8.32 Å². The average molecular weight is 709 g/mol. The van der Waals surface area contributed by atoms with Crippen LogP contribution in [-0.2, 0) is 28.2 Å². The van der Waals surface area contributed by atoms with Gasteiger partial charge in [0.05, 0.1) is 23.7 Å². The van der Waals surface area contributed by atoms with E-state index < -0.39 is 43.1 Å². The van der Waals surface area contributed by atoms with Gasteiger partial charge in [-0.2, -0.15) is 0 Å².